The number of aliphatic imine (C=N–C) groups is 1. The minimum Gasteiger partial charge on any atom is -0.393 e. The third kappa shape index (κ3) is 8.78. The summed E-state index contributed by atoms with van der Waals surface area (Å²) in [5.74, 6) is -0.406. The van der Waals surface area contributed by atoms with Gasteiger partial charge in [0.1, 0.15) is 0 Å². The van der Waals surface area contributed by atoms with Crippen LogP contribution >= 0.6 is 0 Å². The van der Waals surface area contributed by atoms with Crippen LogP contribution in [-0.2, 0) is 4.79 Å². The molecule has 1 atom stereocenters. The number of primary amides is 1. The number of carbonyl (C=O) groups is 1. The average molecular weight is 415 g/mol. The van der Waals surface area contributed by atoms with Gasteiger partial charge in [0.15, 0.2) is 0 Å². The lowest BCUT2D eigenvalue weighted by Crippen LogP contribution is -2.44. The van der Waals surface area contributed by atoms with E-state index in [0.29, 0.717) is 0 Å². The predicted octanol–water partition coefficient (Wildman–Crippen LogP) is 3.24. The topological polar surface area (TPSA) is 95.1 Å². The fraction of sp³-hybridized carbons (Fsp3) is 0.522. The van der Waals surface area contributed by atoms with E-state index >= 15 is 0 Å². The zero-order chi connectivity index (χ0) is 22.4. The molecule has 1 unspecified atom stereocenters. The normalized spacial score (nSPS) is 16.2. The summed E-state index contributed by atoms with van der Waals surface area (Å²) in [6, 6.07) is 0. The molecule has 0 aromatic carbocycles. The SMILES string of the molecule is C=C(CC)C(=N\N(C1=CCCCC=C1)C(C)NCC(N)=O)/C(/C=N\CCC)=C/NC. The van der Waals surface area contributed by atoms with Crippen molar-refractivity contribution in [2.45, 2.75) is 59.0 Å². The Balaban J connectivity index is 3.44. The Labute approximate surface area is 181 Å². The molecule has 166 valence electrons. The van der Waals surface area contributed by atoms with Crippen LogP contribution in [0, 0.1) is 0 Å². The Morgan fingerprint density at radius 1 is 1.40 bits per heavy atom. The Morgan fingerprint density at radius 3 is 2.80 bits per heavy atom. The number of allylic oxidation sites excluding steroid dienone is 5. The zero-order valence-corrected chi connectivity index (χ0v) is 18.9. The molecule has 1 amide bonds. The molecule has 0 saturated heterocycles. The zero-order valence-electron chi connectivity index (χ0n) is 18.9. The lowest BCUT2D eigenvalue weighted by Gasteiger charge is -2.29. The molecule has 0 spiro atoms. The number of carbonyl (C=O) groups excluding carboxylic acids is 1. The molecule has 1 aliphatic carbocycles. The molecule has 0 aromatic rings. The largest absolute Gasteiger partial charge is 0.393 e. The Kier molecular flexibility index (Phi) is 12.1. The van der Waals surface area contributed by atoms with E-state index in [1.54, 1.807) is 0 Å². The van der Waals surface area contributed by atoms with Gasteiger partial charge in [-0.1, -0.05) is 32.6 Å². The number of hydrogen-bond donors (Lipinski definition) is 3. The summed E-state index contributed by atoms with van der Waals surface area (Å²) >= 11 is 0. The van der Waals surface area contributed by atoms with Crippen molar-refractivity contribution < 1.29 is 4.79 Å². The van der Waals surface area contributed by atoms with Crippen molar-refractivity contribution in [1.82, 2.24) is 15.6 Å². The highest BCUT2D eigenvalue weighted by atomic mass is 16.1. The van der Waals surface area contributed by atoms with E-state index in [0.717, 1.165) is 61.2 Å². The molecular formula is C23H38N6O. The van der Waals surface area contributed by atoms with Crippen molar-refractivity contribution in [3.8, 4) is 0 Å². The molecule has 1 rings (SSSR count). The van der Waals surface area contributed by atoms with E-state index in [-0.39, 0.29) is 12.7 Å². The van der Waals surface area contributed by atoms with Crippen LogP contribution in [0.25, 0.3) is 0 Å². The third-order valence-electron chi connectivity index (χ3n) is 4.55. The van der Waals surface area contributed by atoms with Crippen LogP contribution in [0.1, 0.15) is 52.9 Å². The minimum atomic E-state index is -0.406. The predicted molar refractivity (Wildman–Crippen MR) is 127 cm³/mol. The fourth-order valence-corrected chi connectivity index (χ4v) is 2.85. The van der Waals surface area contributed by atoms with Crippen LogP contribution in [0.5, 0.6) is 0 Å². The first-order valence-corrected chi connectivity index (χ1v) is 10.8. The molecule has 0 fully saturated rings. The van der Waals surface area contributed by atoms with Crippen LogP contribution in [0.4, 0.5) is 0 Å². The molecule has 0 radical (unpaired) electrons. The molecule has 0 aliphatic heterocycles. The Bertz CT molecular complexity index is 717. The van der Waals surface area contributed by atoms with Crippen LogP contribution in [0.15, 0.2) is 57.9 Å². The third-order valence-corrected chi connectivity index (χ3v) is 4.55. The van der Waals surface area contributed by atoms with Crippen molar-refractivity contribution in [2.24, 2.45) is 15.8 Å². The minimum absolute atomic E-state index is 0.0748. The van der Waals surface area contributed by atoms with Gasteiger partial charge in [-0.05, 0) is 50.7 Å². The second-order valence-corrected chi connectivity index (χ2v) is 7.16. The second kappa shape index (κ2) is 14.3. The van der Waals surface area contributed by atoms with Gasteiger partial charge in [-0.15, -0.1) is 0 Å². The van der Waals surface area contributed by atoms with Gasteiger partial charge >= 0.3 is 0 Å². The monoisotopic (exact) mass is 414 g/mol. The number of amides is 1. The summed E-state index contributed by atoms with van der Waals surface area (Å²) < 4.78 is 0. The first-order valence-electron chi connectivity index (χ1n) is 10.8. The van der Waals surface area contributed by atoms with E-state index < -0.39 is 5.91 Å². The molecule has 7 heteroatoms. The van der Waals surface area contributed by atoms with Crippen LogP contribution in [-0.4, -0.2) is 49.1 Å². The van der Waals surface area contributed by atoms with Crippen molar-refractivity contribution in [3.63, 3.8) is 0 Å². The molecule has 0 saturated carbocycles. The quantitative estimate of drug-likeness (QED) is 0.245. The van der Waals surface area contributed by atoms with Crippen LogP contribution in [0.2, 0.25) is 0 Å². The maximum Gasteiger partial charge on any atom is 0.231 e. The van der Waals surface area contributed by atoms with Gasteiger partial charge in [-0.3, -0.25) is 15.1 Å². The van der Waals surface area contributed by atoms with Crippen LogP contribution in [0.3, 0.4) is 0 Å². The first kappa shape index (κ1) is 25.4. The lowest BCUT2D eigenvalue weighted by molar-refractivity contribution is -0.117. The number of nitrogens with two attached hydrogens (primary N) is 1. The van der Waals surface area contributed by atoms with Gasteiger partial charge in [-0.25, -0.2) is 5.01 Å². The summed E-state index contributed by atoms with van der Waals surface area (Å²) in [6.07, 6.45) is 14.7. The maximum absolute atomic E-state index is 11.3. The standard InChI is InChI=1S/C23H38N6O/c1-6-14-26-16-20(15-25-5)23(18(3)7-2)28-29(19(4)27-17-22(24)30)21-12-10-8-9-11-13-21/h10,12-13,15-16,19,25,27H,3,6-9,11,14,17H2,1-2,4-5H3,(H2,24,30)/b20-15+,26-16-,28-23+. The lowest BCUT2D eigenvalue weighted by atomic mass is 10.0. The maximum atomic E-state index is 11.3. The highest BCUT2D eigenvalue weighted by molar-refractivity contribution is 6.23. The molecule has 0 heterocycles. The van der Waals surface area contributed by atoms with E-state index in [2.05, 4.69) is 54.3 Å². The van der Waals surface area contributed by atoms with Crippen molar-refractivity contribution in [3.05, 3.63) is 47.9 Å². The number of hydrazone groups is 1. The number of nitrogens with one attached hydrogen (secondary N) is 2. The second-order valence-electron chi connectivity index (χ2n) is 7.16. The molecular weight excluding hydrogens is 376 g/mol. The van der Waals surface area contributed by atoms with Gasteiger partial charge in [0.25, 0.3) is 0 Å². The number of hydrogen-bond acceptors (Lipinski definition) is 6. The summed E-state index contributed by atoms with van der Waals surface area (Å²) in [4.78, 5) is 15.8. The van der Waals surface area contributed by atoms with Gasteiger partial charge < -0.3 is 11.1 Å². The van der Waals surface area contributed by atoms with Crippen molar-refractivity contribution >= 4 is 17.8 Å². The average Bonchev–Trinajstić information content (AvgIpc) is 3.01. The first-order chi connectivity index (χ1) is 14.4. The van der Waals surface area contributed by atoms with E-state index in [9.17, 15) is 4.79 Å². The molecule has 0 aromatic heterocycles. The number of nitrogens with zero attached hydrogens (tertiary/aromatic N) is 3. The fourth-order valence-electron chi connectivity index (χ4n) is 2.85. The van der Waals surface area contributed by atoms with Gasteiger partial charge in [0.05, 0.1) is 24.1 Å². The van der Waals surface area contributed by atoms with Crippen molar-refractivity contribution in [1.29, 1.82) is 0 Å². The molecule has 1 aliphatic rings. The number of rotatable bonds is 13. The Morgan fingerprint density at radius 2 is 2.17 bits per heavy atom. The van der Waals surface area contributed by atoms with Gasteiger partial charge in [0.2, 0.25) is 5.91 Å². The smallest absolute Gasteiger partial charge is 0.231 e. The summed E-state index contributed by atoms with van der Waals surface area (Å²) in [6.45, 7) is 11.2. The molecule has 30 heavy (non-hydrogen) atoms. The summed E-state index contributed by atoms with van der Waals surface area (Å²) in [7, 11) is 1.85. The highest BCUT2D eigenvalue weighted by Gasteiger charge is 2.19. The molecule has 4 N–H and O–H groups in total. The molecule has 0 bridgehead atoms. The van der Waals surface area contributed by atoms with E-state index in [1.165, 1.54) is 0 Å². The van der Waals surface area contributed by atoms with Gasteiger partial charge in [0, 0.05) is 31.6 Å². The van der Waals surface area contributed by atoms with Gasteiger partial charge in [-0.2, -0.15) is 5.10 Å². The van der Waals surface area contributed by atoms with Crippen molar-refractivity contribution in [2.75, 3.05) is 20.1 Å². The highest BCUT2D eigenvalue weighted by Crippen LogP contribution is 2.20. The van der Waals surface area contributed by atoms with E-state index in [4.69, 9.17) is 10.8 Å². The summed E-state index contributed by atoms with van der Waals surface area (Å²) in [5, 5.41) is 13.1. The summed E-state index contributed by atoms with van der Waals surface area (Å²) in [5.41, 5.74) is 8.85. The van der Waals surface area contributed by atoms with Crippen LogP contribution < -0.4 is 16.4 Å². The Hall–Kier alpha value is -2.67. The van der Waals surface area contributed by atoms with E-state index in [1.807, 2.05) is 31.4 Å². The molecule has 7 nitrogen and oxygen atoms in total.